The lowest BCUT2D eigenvalue weighted by Gasteiger charge is -1.99. The average Bonchev–Trinajstić information content (AvgIpc) is 2.56. The zero-order valence-electron chi connectivity index (χ0n) is 7.50. The van der Waals surface area contributed by atoms with E-state index in [1.165, 1.54) is 6.07 Å². The van der Waals surface area contributed by atoms with Crippen LogP contribution in [-0.4, -0.2) is 10.2 Å². The number of hydrogen-bond donors (Lipinski definition) is 2. The summed E-state index contributed by atoms with van der Waals surface area (Å²) in [5.74, 6) is 0.219. The van der Waals surface area contributed by atoms with Crippen LogP contribution in [0.15, 0.2) is 30.3 Å². The van der Waals surface area contributed by atoms with Crippen LogP contribution >= 0.6 is 0 Å². The maximum absolute atomic E-state index is 13.2. The van der Waals surface area contributed by atoms with Crippen molar-refractivity contribution in [3.8, 4) is 0 Å². The molecule has 1 heterocycles. The second-order valence-electron chi connectivity index (χ2n) is 3.09. The van der Waals surface area contributed by atoms with Gasteiger partial charge in [-0.05, 0) is 11.6 Å². The van der Waals surface area contributed by atoms with Crippen LogP contribution in [0.1, 0.15) is 11.3 Å². The van der Waals surface area contributed by atoms with E-state index in [4.69, 9.17) is 5.73 Å². The first-order valence-electron chi connectivity index (χ1n) is 4.29. The fourth-order valence-corrected chi connectivity index (χ4v) is 1.32. The van der Waals surface area contributed by atoms with Crippen molar-refractivity contribution in [1.82, 2.24) is 10.2 Å². The van der Waals surface area contributed by atoms with Crippen molar-refractivity contribution in [1.29, 1.82) is 0 Å². The smallest absolute Gasteiger partial charge is 0.145 e. The summed E-state index contributed by atoms with van der Waals surface area (Å²) in [7, 11) is 0. The van der Waals surface area contributed by atoms with Crippen molar-refractivity contribution in [2.45, 2.75) is 6.42 Å². The second-order valence-corrected chi connectivity index (χ2v) is 3.09. The van der Waals surface area contributed by atoms with Crippen LogP contribution in [0.3, 0.4) is 0 Å². The van der Waals surface area contributed by atoms with Gasteiger partial charge in [-0.25, -0.2) is 4.39 Å². The summed E-state index contributed by atoms with van der Waals surface area (Å²) in [5, 5.41) is 6.51. The Morgan fingerprint density at radius 3 is 2.79 bits per heavy atom. The van der Waals surface area contributed by atoms with Crippen LogP contribution in [0.25, 0.3) is 0 Å². The van der Waals surface area contributed by atoms with E-state index in [2.05, 4.69) is 10.2 Å². The van der Waals surface area contributed by atoms with E-state index in [0.717, 1.165) is 5.69 Å². The fourth-order valence-electron chi connectivity index (χ4n) is 1.32. The number of halogens is 1. The van der Waals surface area contributed by atoms with Crippen molar-refractivity contribution >= 4 is 5.82 Å². The number of benzene rings is 1. The van der Waals surface area contributed by atoms with Gasteiger partial charge < -0.3 is 5.73 Å². The molecule has 0 aliphatic rings. The first kappa shape index (κ1) is 8.74. The highest BCUT2D eigenvalue weighted by molar-refractivity contribution is 5.32. The molecule has 2 rings (SSSR count). The minimum absolute atomic E-state index is 0.208. The van der Waals surface area contributed by atoms with Crippen molar-refractivity contribution in [3.05, 3.63) is 47.4 Å². The third kappa shape index (κ3) is 1.74. The Labute approximate surface area is 80.8 Å². The Morgan fingerprint density at radius 1 is 1.36 bits per heavy atom. The first-order chi connectivity index (χ1) is 6.75. The van der Waals surface area contributed by atoms with E-state index in [9.17, 15) is 4.39 Å². The van der Waals surface area contributed by atoms with E-state index in [1.54, 1.807) is 24.3 Å². The lowest BCUT2D eigenvalue weighted by atomic mass is 10.1. The number of nitrogens with one attached hydrogen (secondary N) is 1. The topological polar surface area (TPSA) is 54.7 Å². The minimum Gasteiger partial charge on any atom is -0.382 e. The zero-order valence-corrected chi connectivity index (χ0v) is 7.50. The Balaban J connectivity index is 2.23. The molecule has 0 atom stereocenters. The van der Waals surface area contributed by atoms with Crippen molar-refractivity contribution in [2.24, 2.45) is 0 Å². The third-order valence-electron chi connectivity index (χ3n) is 1.99. The number of anilines is 1. The number of nitrogen functional groups attached to an aromatic ring is 1. The van der Waals surface area contributed by atoms with Gasteiger partial charge in [0.2, 0.25) is 0 Å². The maximum atomic E-state index is 13.2. The Kier molecular flexibility index (Phi) is 2.18. The maximum Gasteiger partial charge on any atom is 0.145 e. The van der Waals surface area contributed by atoms with Crippen LogP contribution in [-0.2, 0) is 6.42 Å². The summed E-state index contributed by atoms with van der Waals surface area (Å²) in [4.78, 5) is 0. The molecular formula is C10H10FN3. The second kappa shape index (κ2) is 3.49. The van der Waals surface area contributed by atoms with Gasteiger partial charge in [0.05, 0.1) is 0 Å². The molecule has 0 saturated carbocycles. The highest BCUT2D eigenvalue weighted by atomic mass is 19.1. The molecule has 0 amide bonds. The van der Waals surface area contributed by atoms with E-state index < -0.39 is 0 Å². The van der Waals surface area contributed by atoms with Crippen molar-refractivity contribution in [2.75, 3.05) is 5.73 Å². The average molecular weight is 191 g/mol. The van der Waals surface area contributed by atoms with Crippen LogP contribution in [0.4, 0.5) is 10.2 Å². The standard InChI is InChI=1S/C10H10FN3/c11-9-4-2-1-3-7(9)5-8-6-10(12)14-13-8/h1-4,6H,5H2,(H3,12,13,14). The molecule has 2 aromatic rings. The molecule has 0 saturated heterocycles. The fraction of sp³-hybridized carbons (Fsp3) is 0.100. The number of aromatic nitrogens is 2. The van der Waals surface area contributed by atoms with E-state index in [-0.39, 0.29) is 5.82 Å². The molecule has 0 aliphatic carbocycles. The quantitative estimate of drug-likeness (QED) is 0.759. The van der Waals surface area contributed by atoms with Crippen molar-refractivity contribution in [3.63, 3.8) is 0 Å². The van der Waals surface area contributed by atoms with E-state index in [1.807, 2.05) is 0 Å². The first-order valence-corrected chi connectivity index (χ1v) is 4.29. The summed E-state index contributed by atoms with van der Waals surface area (Å²) >= 11 is 0. The molecule has 0 fully saturated rings. The highest BCUT2D eigenvalue weighted by Crippen LogP contribution is 2.12. The molecule has 0 unspecified atom stereocenters. The molecule has 0 spiro atoms. The number of nitrogens with two attached hydrogens (primary N) is 1. The Bertz CT molecular complexity index is 436. The molecule has 0 aliphatic heterocycles. The Morgan fingerprint density at radius 2 is 2.14 bits per heavy atom. The summed E-state index contributed by atoms with van der Waals surface area (Å²) < 4.78 is 13.2. The van der Waals surface area contributed by atoms with Gasteiger partial charge in [-0.3, -0.25) is 5.10 Å². The molecule has 72 valence electrons. The van der Waals surface area contributed by atoms with Crippen LogP contribution in [0.5, 0.6) is 0 Å². The molecule has 1 aromatic carbocycles. The lowest BCUT2D eigenvalue weighted by molar-refractivity contribution is 0.613. The van der Waals surface area contributed by atoms with Gasteiger partial charge in [-0.15, -0.1) is 0 Å². The van der Waals surface area contributed by atoms with Gasteiger partial charge in [-0.1, -0.05) is 18.2 Å². The van der Waals surface area contributed by atoms with Gasteiger partial charge >= 0.3 is 0 Å². The van der Waals surface area contributed by atoms with Gasteiger partial charge in [-0.2, -0.15) is 5.10 Å². The predicted molar refractivity (Wildman–Crippen MR) is 52.2 cm³/mol. The number of nitrogens with zero attached hydrogens (tertiary/aromatic N) is 1. The van der Waals surface area contributed by atoms with Gasteiger partial charge in [0.1, 0.15) is 11.6 Å². The molecule has 3 nitrogen and oxygen atoms in total. The number of aromatic amines is 1. The zero-order chi connectivity index (χ0) is 9.97. The number of hydrogen-bond acceptors (Lipinski definition) is 2. The molecule has 3 N–H and O–H groups in total. The van der Waals surface area contributed by atoms with Crippen LogP contribution in [0.2, 0.25) is 0 Å². The summed E-state index contributed by atoms with van der Waals surface area (Å²) in [6, 6.07) is 8.35. The predicted octanol–water partition coefficient (Wildman–Crippen LogP) is 1.72. The minimum atomic E-state index is -0.208. The molecule has 0 bridgehead atoms. The normalized spacial score (nSPS) is 10.4. The van der Waals surface area contributed by atoms with Gasteiger partial charge in [0.15, 0.2) is 0 Å². The Hall–Kier alpha value is -1.84. The lowest BCUT2D eigenvalue weighted by Crippen LogP contribution is -1.92. The van der Waals surface area contributed by atoms with Crippen molar-refractivity contribution < 1.29 is 4.39 Å². The molecular weight excluding hydrogens is 181 g/mol. The number of rotatable bonds is 2. The van der Waals surface area contributed by atoms with Gasteiger partial charge in [0.25, 0.3) is 0 Å². The van der Waals surface area contributed by atoms with Gasteiger partial charge in [0, 0.05) is 18.2 Å². The molecule has 4 heteroatoms. The van der Waals surface area contributed by atoms with Crippen LogP contribution in [0, 0.1) is 5.82 Å². The monoisotopic (exact) mass is 191 g/mol. The van der Waals surface area contributed by atoms with E-state index in [0.29, 0.717) is 17.8 Å². The summed E-state index contributed by atoms with van der Waals surface area (Å²) in [6.45, 7) is 0. The molecule has 14 heavy (non-hydrogen) atoms. The highest BCUT2D eigenvalue weighted by Gasteiger charge is 2.03. The number of H-pyrrole nitrogens is 1. The summed E-state index contributed by atoms with van der Waals surface area (Å²) in [5.41, 5.74) is 6.88. The SMILES string of the molecule is Nc1cc(Cc2ccccc2F)[nH]n1. The summed E-state index contributed by atoms with van der Waals surface area (Å²) in [6.07, 6.45) is 0.483. The van der Waals surface area contributed by atoms with E-state index >= 15 is 0 Å². The van der Waals surface area contributed by atoms with Crippen LogP contribution < -0.4 is 5.73 Å². The molecule has 0 radical (unpaired) electrons. The molecule has 1 aromatic heterocycles. The third-order valence-corrected chi connectivity index (χ3v) is 1.99. The largest absolute Gasteiger partial charge is 0.382 e.